The van der Waals surface area contributed by atoms with E-state index < -0.39 is 19.8 Å². The van der Waals surface area contributed by atoms with Gasteiger partial charge in [-0.2, -0.15) is 0 Å². The number of hydrogen-bond donors (Lipinski definition) is 0. The molecule has 2 aromatic carbocycles. The van der Waals surface area contributed by atoms with Gasteiger partial charge < -0.3 is 5.48 Å². The van der Waals surface area contributed by atoms with Crippen LogP contribution in [0.5, 0.6) is 0 Å². The summed E-state index contributed by atoms with van der Waals surface area (Å²) in [6, 6.07) is 22.3. The van der Waals surface area contributed by atoms with Gasteiger partial charge >= 0.3 is 118 Å². The maximum Gasteiger partial charge on any atom is -0.412 e. The Morgan fingerprint density at radius 2 is 1.42 bits per heavy atom. The Morgan fingerprint density at radius 3 is 2.00 bits per heavy atom. The van der Waals surface area contributed by atoms with Crippen molar-refractivity contribution in [3.63, 3.8) is 0 Å². The molecule has 2 heteroatoms. The van der Waals surface area contributed by atoms with Crippen molar-refractivity contribution in [3.8, 4) is 0 Å². The minimum absolute atomic E-state index is 0. The van der Waals surface area contributed by atoms with Crippen LogP contribution in [-0.2, 0) is 4.44 Å². The van der Waals surface area contributed by atoms with Gasteiger partial charge in [0.15, 0.2) is 0 Å². The van der Waals surface area contributed by atoms with Crippen LogP contribution in [0.3, 0.4) is 0 Å². The van der Waals surface area contributed by atoms with Gasteiger partial charge in [-0.1, -0.05) is 0 Å². The third-order valence-electron chi connectivity index (χ3n) is 3.27. The molecule has 0 unspecified atom stereocenters. The second kappa shape index (κ2) is 9.16. The van der Waals surface area contributed by atoms with Gasteiger partial charge in [-0.15, -0.1) is 0 Å². The molecule has 0 saturated heterocycles. The molecule has 0 aliphatic heterocycles. The van der Waals surface area contributed by atoms with Crippen molar-refractivity contribution in [1.29, 1.82) is 0 Å². The quantitative estimate of drug-likeness (QED) is 0.708. The molecule has 0 heterocycles. The molecule has 1 nitrogen and oxygen atoms in total. The molecule has 19 heavy (non-hydrogen) atoms. The van der Waals surface area contributed by atoms with Crippen molar-refractivity contribution in [2.24, 2.45) is 0 Å². The second-order valence-corrected chi connectivity index (χ2v) is 12.3. The van der Waals surface area contributed by atoms with E-state index in [1.54, 1.807) is 3.58 Å². The van der Waals surface area contributed by atoms with Crippen LogP contribution in [0.15, 0.2) is 60.7 Å². The van der Waals surface area contributed by atoms with Gasteiger partial charge in [0, 0.05) is 0 Å². The number of hydrogen-bond acceptors (Lipinski definition) is 0. The van der Waals surface area contributed by atoms with Crippen molar-refractivity contribution in [2.45, 2.75) is 28.6 Å². The van der Waals surface area contributed by atoms with Gasteiger partial charge in [0.25, 0.3) is 0 Å². The van der Waals surface area contributed by atoms with Crippen molar-refractivity contribution in [3.05, 3.63) is 66.2 Å². The minimum Gasteiger partial charge on any atom is -0.412 e. The Labute approximate surface area is 123 Å². The third kappa shape index (κ3) is 5.37. The molecule has 0 spiro atoms. The van der Waals surface area contributed by atoms with Gasteiger partial charge in [-0.3, -0.25) is 0 Å². The minimum atomic E-state index is -1.46. The van der Waals surface area contributed by atoms with Gasteiger partial charge in [0.1, 0.15) is 0 Å². The fourth-order valence-corrected chi connectivity index (χ4v) is 10.4. The van der Waals surface area contributed by atoms with Crippen molar-refractivity contribution in [2.75, 3.05) is 0 Å². The summed E-state index contributed by atoms with van der Waals surface area (Å²) in [5.74, 6) is 0. The molecule has 0 atom stereocenters. The predicted octanol–water partition coefficient (Wildman–Crippen LogP) is 3.15. The summed E-state index contributed by atoms with van der Waals surface area (Å²) < 4.78 is 4.52. The summed E-state index contributed by atoms with van der Waals surface area (Å²) >= 11 is -1.46. The van der Waals surface area contributed by atoms with E-state index in [1.165, 1.54) is 27.3 Å². The van der Waals surface area contributed by atoms with E-state index in [9.17, 15) is 0 Å². The molecule has 2 aromatic rings. The summed E-state index contributed by atoms with van der Waals surface area (Å²) in [5.41, 5.74) is 1.53. The summed E-state index contributed by atoms with van der Waals surface area (Å²) in [7, 11) is 0. The number of rotatable bonds is 6. The molecular weight excluding hydrogens is 339 g/mol. The molecule has 0 aliphatic rings. The first-order chi connectivity index (χ1) is 8.90. The molecule has 1 radical (unpaired) electrons. The molecule has 0 aromatic heterocycles. The second-order valence-electron chi connectivity index (χ2n) is 4.74. The molecular formula is C17H23OSn. The maximum atomic E-state index is 2.35. The summed E-state index contributed by atoms with van der Waals surface area (Å²) in [6.07, 6.45) is 2.72. The standard InChI is InChI=1S/C7H7.C6H5.C4H9.H2O.Sn/c1-7-5-3-2-4-6-7;1-2-4-6-5-3-1;1-3-4-2;;/h2-6H,1H2;1-5H;1,3-4H2,2H3;1H2;. The van der Waals surface area contributed by atoms with E-state index in [1.807, 2.05) is 0 Å². The first kappa shape index (κ1) is 16.3. The van der Waals surface area contributed by atoms with Crippen molar-refractivity contribution < 1.29 is 5.48 Å². The Hall–Kier alpha value is -0.801. The normalized spacial score (nSPS) is 10.2. The average molecular weight is 362 g/mol. The zero-order chi connectivity index (χ0) is 12.6. The Kier molecular flexibility index (Phi) is 7.83. The zero-order valence-corrected chi connectivity index (χ0v) is 14.5. The van der Waals surface area contributed by atoms with Gasteiger partial charge in [-0.05, 0) is 0 Å². The van der Waals surface area contributed by atoms with Crippen LogP contribution in [0.4, 0.5) is 0 Å². The molecule has 0 aliphatic carbocycles. The van der Waals surface area contributed by atoms with Crippen molar-refractivity contribution >= 4 is 23.3 Å². The van der Waals surface area contributed by atoms with Crippen LogP contribution >= 0.6 is 0 Å². The number of benzene rings is 2. The summed E-state index contributed by atoms with van der Waals surface area (Å²) in [5, 5.41) is 0. The maximum absolute atomic E-state index is 2.35. The van der Waals surface area contributed by atoms with Crippen LogP contribution in [0.2, 0.25) is 4.44 Å². The first-order valence-corrected chi connectivity index (χ1v) is 12.3. The van der Waals surface area contributed by atoms with E-state index in [2.05, 4.69) is 67.6 Å². The van der Waals surface area contributed by atoms with Gasteiger partial charge in [0.2, 0.25) is 0 Å². The van der Waals surface area contributed by atoms with Crippen LogP contribution in [0.25, 0.3) is 0 Å². The number of unbranched alkanes of at least 4 members (excludes halogenated alkanes) is 1. The Balaban J connectivity index is 0.00000180. The van der Waals surface area contributed by atoms with Crippen LogP contribution in [0, 0.1) is 0 Å². The van der Waals surface area contributed by atoms with Gasteiger partial charge in [0.05, 0.1) is 0 Å². The van der Waals surface area contributed by atoms with E-state index in [4.69, 9.17) is 0 Å². The SMILES string of the molecule is CCC[CH2][Sn]([CH2]c1ccccc1)[c]1ccccc1.O. The monoisotopic (exact) mass is 363 g/mol. The Bertz CT molecular complexity index is 441. The predicted molar refractivity (Wildman–Crippen MR) is 85.3 cm³/mol. The summed E-state index contributed by atoms with van der Waals surface area (Å²) in [6.45, 7) is 2.30. The van der Waals surface area contributed by atoms with E-state index in [-0.39, 0.29) is 5.48 Å². The topological polar surface area (TPSA) is 31.5 Å². The largest absolute Gasteiger partial charge is 0.412 e. The van der Waals surface area contributed by atoms with Crippen LogP contribution < -0.4 is 3.58 Å². The van der Waals surface area contributed by atoms with E-state index in [0.29, 0.717) is 0 Å². The van der Waals surface area contributed by atoms with Crippen molar-refractivity contribution in [1.82, 2.24) is 0 Å². The van der Waals surface area contributed by atoms with Crippen LogP contribution in [-0.4, -0.2) is 25.2 Å². The van der Waals surface area contributed by atoms with Crippen LogP contribution in [0.1, 0.15) is 25.3 Å². The first-order valence-electron chi connectivity index (χ1n) is 6.84. The fourth-order valence-electron chi connectivity index (χ4n) is 2.24. The van der Waals surface area contributed by atoms with E-state index >= 15 is 0 Å². The molecule has 0 amide bonds. The van der Waals surface area contributed by atoms with Gasteiger partial charge in [-0.25, -0.2) is 0 Å². The molecule has 0 fully saturated rings. The van der Waals surface area contributed by atoms with E-state index in [0.717, 1.165) is 0 Å². The fraction of sp³-hybridized carbons (Fsp3) is 0.294. The molecule has 101 valence electrons. The molecule has 0 bridgehead atoms. The third-order valence-corrected chi connectivity index (χ3v) is 11.7. The zero-order valence-electron chi connectivity index (χ0n) is 11.6. The smallest absolute Gasteiger partial charge is 0.412 e. The average Bonchev–Trinajstić information content (AvgIpc) is 2.45. The molecule has 0 saturated carbocycles. The Morgan fingerprint density at radius 1 is 0.842 bits per heavy atom. The summed E-state index contributed by atoms with van der Waals surface area (Å²) in [4.78, 5) is 0. The molecule has 2 rings (SSSR count). The molecule has 2 N–H and O–H groups in total.